The third-order valence-electron chi connectivity index (χ3n) is 6.57. The Balaban J connectivity index is 1.39. The molecule has 2 heterocycles. The lowest BCUT2D eigenvalue weighted by Crippen LogP contribution is -2.31. The van der Waals surface area contributed by atoms with E-state index in [1.54, 1.807) is 0 Å². The van der Waals surface area contributed by atoms with Crippen molar-refractivity contribution in [3.8, 4) is 5.75 Å². The van der Waals surface area contributed by atoms with Gasteiger partial charge in [0.1, 0.15) is 11.6 Å². The zero-order valence-corrected chi connectivity index (χ0v) is 20.4. The standard InChI is InChI=1S/C27H36N4O2/c1-19(2)22-10-8-9-20(3)27(22)33-18-26(32)28-21-11-12-24-23(17-21)29-25(30(24)4)13-16-31-14-6-5-7-15-31/h8-12,17,19H,5-7,13-16,18H2,1-4H3,(H,28,32). The Bertz CT molecular complexity index is 1110. The molecule has 33 heavy (non-hydrogen) atoms. The summed E-state index contributed by atoms with van der Waals surface area (Å²) < 4.78 is 8.09. The van der Waals surface area contributed by atoms with E-state index < -0.39 is 0 Å². The van der Waals surface area contributed by atoms with E-state index >= 15 is 0 Å². The first-order valence-corrected chi connectivity index (χ1v) is 12.1. The summed E-state index contributed by atoms with van der Waals surface area (Å²) in [6, 6.07) is 12.0. The first-order chi connectivity index (χ1) is 15.9. The largest absolute Gasteiger partial charge is 0.483 e. The lowest BCUT2D eigenvalue weighted by Gasteiger charge is -2.26. The van der Waals surface area contributed by atoms with Crippen LogP contribution in [0.2, 0.25) is 0 Å². The average molecular weight is 449 g/mol. The number of aromatic nitrogens is 2. The summed E-state index contributed by atoms with van der Waals surface area (Å²) in [7, 11) is 2.07. The van der Waals surface area contributed by atoms with Crippen molar-refractivity contribution in [2.24, 2.45) is 7.05 Å². The summed E-state index contributed by atoms with van der Waals surface area (Å²) >= 11 is 0. The normalized spacial score (nSPS) is 14.7. The lowest BCUT2D eigenvalue weighted by molar-refractivity contribution is -0.118. The van der Waals surface area contributed by atoms with E-state index in [1.807, 2.05) is 37.3 Å². The van der Waals surface area contributed by atoms with Crippen LogP contribution in [0.5, 0.6) is 5.75 Å². The number of nitrogens with zero attached hydrogens (tertiary/aromatic N) is 3. The number of rotatable bonds is 8. The number of anilines is 1. The first-order valence-electron chi connectivity index (χ1n) is 12.1. The second-order valence-electron chi connectivity index (χ2n) is 9.43. The number of nitrogens with one attached hydrogen (secondary N) is 1. The predicted octanol–water partition coefficient (Wildman–Crippen LogP) is 5.05. The fraction of sp³-hybridized carbons (Fsp3) is 0.481. The Labute approximate surface area is 196 Å². The Kier molecular flexibility index (Phi) is 7.33. The number of hydrogen-bond acceptors (Lipinski definition) is 4. The lowest BCUT2D eigenvalue weighted by atomic mass is 10.00. The number of hydrogen-bond donors (Lipinski definition) is 1. The van der Waals surface area contributed by atoms with Crippen LogP contribution in [0.1, 0.15) is 56.0 Å². The molecule has 0 aliphatic carbocycles. The smallest absolute Gasteiger partial charge is 0.262 e. The number of likely N-dealkylation sites (tertiary alicyclic amines) is 1. The topological polar surface area (TPSA) is 59.4 Å². The van der Waals surface area contributed by atoms with Crippen LogP contribution in [-0.4, -0.2) is 46.6 Å². The van der Waals surface area contributed by atoms with Crippen LogP contribution in [0.15, 0.2) is 36.4 Å². The number of amides is 1. The van der Waals surface area contributed by atoms with Gasteiger partial charge < -0.3 is 19.5 Å². The fourth-order valence-corrected chi connectivity index (χ4v) is 4.65. The van der Waals surface area contributed by atoms with Crippen LogP contribution in [0.25, 0.3) is 11.0 Å². The highest BCUT2D eigenvalue weighted by Gasteiger charge is 2.15. The van der Waals surface area contributed by atoms with Crippen molar-refractivity contribution in [1.82, 2.24) is 14.5 Å². The van der Waals surface area contributed by atoms with Crippen molar-refractivity contribution in [2.75, 3.05) is 31.6 Å². The molecule has 0 bridgehead atoms. The molecular formula is C27H36N4O2. The van der Waals surface area contributed by atoms with Crippen molar-refractivity contribution < 1.29 is 9.53 Å². The first kappa shape index (κ1) is 23.3. The van der Waals surface area contributed by atoms with Gasteiger partial charge in [-0.1, -0.05) is 38.5 Å². The maximum absolute atomic E-state index is 12.6. The number of carbonyl (C=O) groups excluding carboxylic acids is 1. The number of benzene rings is 2. The summed E-state index contributed by atoms with van der Waals surface area (Å²) in [5.74, 6) is 2.05. The summed E-state index contributed by atoms with van der Waals surface area (Å²) in [5.41, 5.74) is 4.90. The molecule has 1 amide bonds. The molecule has 2 aromatic carbocycles. The van der Waals surface area contributed by atoms with E-state index in [-0.39, 0.29) is 12.5 Å². The van der Waals surface area contributed by atoms with Gasteiger partial charge in [0.15, 0.2) is 6.61 Å². The summed E-state index contributed by atoms with van der Waals surface area (Å²) in [6.45, 7) is 9.69. The molecule has 1 fully saturated rings. The molecule has 176 valence electrons. The number of imidazole rings is 1. The maximum Gasteiger partial charge on any atom is 0.262 e. The van der Waals surface area contributed by atoms with E-state index in [0.717, 1.165) is 52.4 Å². The zero-order chi connectivity index (χ0) is 23.4. The molecule has 1 aliphatic rings. The SMILES string of the molecule is Cc1cccc(C(C)C)c1OCC(=O)Nc1ccc2c(c1)nc(CCN1CCCCC1)n2C. The Morgan fingerprint density at radius 3 is 2.70 bits per heavy atom. The molecule has 0 spiro atoms. The van der Waals surface area contributed by atoms with E-state index in [2.05, 4.69) is 41.7 Å². The van der Waals surface area contributed by atoms with Crippen LogP contribution < -0.4 is 10.1 Å². The highest BCUT2D eigenvalue weighted by atomic mass is 16.5. The summed E-state index contributed by atoms with van der Waals surface area (Å²) in [6.07, 6.45) is 4.90. The van der Waals surface area contributed by atoms with Gasteiger partial charge in [0, 0.05) is 25.7 Å². The zero-order valence-electron chi connectivity index (χ0n) is 20.4. The molecule has 0 saturated carbocycles. The van der Waals surface area contributed by atoms with Crippen LogP contribution in [0, 0.1) is 6.92 Å². The third kappa shape index (κ3) is 5.56. The number of carbonyl (C=O) groups is 1. The molecule has 1 saturated heterocycles. The average Bonchev–Trinajstić information content (AvgIpc) is 3.12. The van der Waals surface area contributed by atoms with Gasteiger partial charge in [-0.3, -0.25) is 4.79 Å². The van der Waals surface area contributed by atoms with Gasteiger partial charge in [0.25, 0.3) is 5.91 Å². The van der Waals surface area contributed by atoms with E-state index in [9.17, 15) is 4.79 Å². The Morgan fingerprint density at radius 1 is 1.15 bits per heavy atom. The van der Waals surface area contributed by atoms with Crippen molar-refractivity contribution in [1.29, 1.82) is 0 Å². The van der Waals surface area contributed by atoms with Crippen LogP contribution >= 0.6 is 0 Å². The highest BCUT2D eigenvalue weighted by Crippen LogP contribution is 2.29. The minimum atomic E-state index is -0.173. The molecule has 0 unspecified atom stereocenters. The van der Waals surface area contributed by atoms with Crippen molar-refractivity contribution in [2.45, 2.75) is 52.4 Å². The van der Waals surface area contributed by atoms with E-state index in [1.165, 1.54) is 32.4 Å². The summed E-state index contributed by atoms with van der Waals surface area (Å²) in [4.78, 5) is 20.0. The second kappa shape index (κ2) is 10.4. The van der Waals surface area contributed by atoms with Crippen molar-refractivity contribution >= 4 is 22.6 Å². The molecule has 6 nitrogen and oxygen atoms in total. The molecule has 4 rings (SSSR count). The Hall–Kier alpha value is -2.86. The molecule has 1 aliphatic heterocycles. The van der Waals surface area contributed by atoms with Gasteiger partial charge >= 0.3 is 0 Å². The van der Waals surface area contributed by atoms with Crippen LogP contribution in [0.4, 0.5) is 5.69 Å². The number of ether oxygens (including phenoxy) is 1. The maximum atomic E-state index is 12.6. The molecule has 1 aromatic heterocycles. The highest BCUT2D eigenvalue weighted by molar-refractivity contribution is 5.94. The Morgan fingerprint density at radius 2 is 1.94 bits per heavy atom. The molecule has 3 aromatic rings. The monoisotopic (exact) mass is 448 g/mol. The molecule has 6 heteroatoms. The number of aryl methyl sites for hydroxylation is 2. The van der Waals surface area contributed by atoms with Gasteiger partial charge in [-0.25, -0.2) is 4.98 Å². The predicted molar refractivity (Wildman–Crippen MR) is 134 cm³/mol. The molecular weight excluding hydrogens is 412 g/mol. The van der Waals surface area contributed by atoms with Crippen LogP contribution in [-0.2, 0) is 18.3 Å². The van der Waals surface area contributed by atoms with Gasteiger partial charge in [0.05, 0.1) is 11.0 Å². The second-order valence-corrected chi connectivity index (χ2v) is 9.43. The molecule has 1 N–H and O–H groups in total. The third-order valence-corrected chi connectivity index (χ3v) is 6.57. The summed E-state index contributed by atoms with van der Waals surface area (Å²) in [5, 5.41) is 2.96. The van der Waals surface area contributed by atoms with Crippen LogP contribution in [0.3, 0.4) is 0 Å². The van der Waals surface area contributed by atoms with Crippen molar-refractivity contribution in [3.63, 3.8) is 0 Å². The number of piperidine rings is 1. The van der Waals surface area contributed by atoms with Gasteiger partial charge in [0.2, 0.25) is 0 Å². The van der Waals surface area contributed by atoms with Gasteiger partial charge in [-0.15, -0.1) is 0 Å². The minimum Gasteiger partial charge on any atom is -0.483 e. The number of fused-ring (bicyclic) bond motifs is 1. The minimum absolute atomic E-state index is 0.0219. The van der Waals surface area contributed by atoms with Gasteiger partial charge in [-0.2, -0.15) is 0 Å². The van der Waals surface area contributed by atoms with E-state index in [0.29, 0.717) is 5.92 Å². The van der Waals surface area contributed by atoms with Gasteiger partial charge in [-0.05, 0) is 68.1 Å². The molecule has 0 radical (unpaired) electrons. The number of para-hydroxylation sites is 1. The molecule has 0 atom stereocenters. The van der Waals surface area contributed by atoms with E-state index in [4.69, 9.17) is 9.72 Å². The van der Waals surface area contributed by atoms with Crippen molar-refractivity contribution in [3.05, 3.63) is 53.3 Å². The fourth-order valence-electron chi connectivity index (χ4n) is 4.65. The quantitative estimate of drug-likeness (QED) is 0.524.